The highest BCUT2D eigenvalue weighted by molar-refractivity contribution is 6.31. The lowest BCUT2D eigenvalue weighted by Crippen LogP contribution is -2.44. The van der Waals surface area contributed by atoms with E-state index in [4.69, 9.17) is 16.3 Å². The van der Waals surface area contributed by atoms with Crippen LogP contribution in [0.3, 0.4) is 0 Å². The van der Waals surface area contributed by atoms with Crippen LogP contribution < -0.4 is 10.2 Å². The van der Waals surface area contributed by atoms with Crippen LogP contribution in [-0.2, 0) is 19.7 Å². The molecule has 2 heterocycles. The van der Waals surface area contributed by atoms with E-state index in [-0.39, 0.29) is 24.5 Å². The van der Waals surface area contributed by atoms with Crippen molar-refractivity contribution in [3.8, 4) is 0 Å². The number of nitrogens with one attached hydrogen (secondary N) is 1. The monoisotopic (exact) mass is 336 g/mol. The van der Waals surface area contributed by atoms with Gasteiger partial charge in [0.1, 0.15) is 6.54 Å². The summed E-state index contributed by atoms with van der Waals surface area (Å²) in [5, 5.41) is 3.45. The number of benzene rings is 1. The Morgan fingerprint density at radius 3 is 2.96 bits per heavy atom. The van der Waals surface area contributed by atoms with E-state index in [0.717, 1.165) is 30.7 Å². The first-order chi connectivity index (χ1) is 10.9. The highest BCUT2D eigenvalue weighted by Crippen LogP contribution is 2.42. The van der Waals surface area contributed by atoms with E-state index in [9.17, 15) is 9.59 Å². The standard InChI is InChI=1S/C17H21ClN2O3/c1-17(2)13-8-11(18)5-6-14(13)20(16(17)22)10-15(21)19-9-12-4-3-7-23-12/h5-6,8,12H,3-4,7,9-10H2,1-2H3,(H,19,21)/t12-/m1/s1. The maximum absolute atomic E-state index is 12.7. The van der Waals surface area contributed by atoms with Gasteiger partial charge in [-0.15, -0.1) is 0 Å². The van der Waals surface area contributed by atoms with Crippen LogP contribution in [0.25, 0.3) is 0 Å². The molecule has 1 fully saturated rings. The van der Waals surface area contributed by atoms with E-state index in [2.05, 4.69) is 5.32 Å². The van der Waals surface area contributed by atoms with Gasteiger partial charge in [-0.2, -0.15) is 0 Å². The second kappa shape index (κ2) is 6.13. The Hall–Kier alpha value is -1.59. The van der Waals surface area contributed by atoms with E-state index >= 15 is 0 Å². The third kappa shape index (κ3) is 3.08. The number of carbonyl (C=O) groups excluding carboxylic acids is 2. The minimum Gasteiger partial charge on any atom is -0.376 e. The van der Waals surface area contributed by atoms with Crippen molar-refractivity contribution >= 4 is 29.1 Å². The fraction of sp³-hybridized carbons (Fsp3) is 0.529. The second-order valence-corrected chi connectivity index (χ2v) is 7.05. The number of halogens is 1. The molecule has 124 valence electrons. The van der Waals surface area contributed by atoms with Crippen LogP contribution in [0.5, 0.6) is 0 Å². The Morgan fingerprint density at radius 2 is 2.26 bits per heavy atom. The summed E-state index contributed by atoms with van der Waals surface area (Å²) in [7, 11) is 0. The number of rotatable bonds is 4. The van der Waals surface area contributed by atoms with Gasteiger partial charge in [-0.1, -0.05) is 11.6 Å². The van der Waals surface area contributed by atoms with Crippen molar-refractivity contribution < 1.29 is 14.3 Å². The Morgan fingerprint density at radius 1 is 1.48 bits per heavy atom. The van der Waals surface area contributed by atoms with Gasteiger partial charge >= 0.3 is 0 Å². The average Bonchev–Trinajstić information content (AvgIpc) is 3.08. The van der Waals surface area contributed by atoms with Crippen LogP contribution >= 0.6 is 11.6 Å². The molecule has 0 bridgehead atoms. The Balaban J connectivity index is 1.70. The molecule has 2 amide bonds. The van der Waals surface area contributed by atoms with Gasteiger partial charge < -0.3 is 15.0 Å². The molecule has 23 heavy (non-hydrogen) atoms. The summed E-state index contributed by atoms with van der Waals surface area (Å²) < 4.78 is 5.49. The number of nitrogens with zero attached hydrogens (tertiary/aromatic N) is 1. The number of hydrogen-bond donors (Lipinski definition) is 1. The quantitative estimate of drug-likeness (QED) is 0.917. The summed E-state index contributed by atoms with van der Waals surface area (Å²) in [6.45, 7) is 4.98. The summed E-state index contributed by atoms with van der Waals surface area (Å²) >= 11 is 6.05. The van der Waals surface area contributed by atoms with Crippen LogP contribution in [-0.4, -0.2) is 37.6 Å². The molecule has 0 saturated carbocycles. The SMILES string of the molecule is CC1(C)C(=O)N(CC(=O)NC[C@H]2CCCO2)c2ccc(Cl)cc21. The van der Waals surface area contributed by atoms with Crippen LogP contribution in [0.1, 0.15) is 32.3 Å². The molecule has 5 nitrogen and oxygen atoms in total. The molecule has 1 aromatic carbocycles. The Kier molecular flexibility index (Phi) is 4.34. The molecule has 1 saturated heterocycles. The molecular weight excluding hydrogens is 316 g/mol. The van der Waals surface area contributed by atoms with Crippen molar-refractivity contribution in [2.75, 3.05) is 24.6 Å². The van der Waals surface area contributed by atoms with Crippen LogP contribution in [0, 0.1) is 0 Å². The zero-order valence-electron chi connectivity index (χ0n) is 13.4. The molecule has 0 aliphatic carbocycles. The third-order valence-electron chi connectivity index (χ3n) is 4.56. The van der Waals surface area contributed by atoms with Crippen molar-refractivity contribution in [3.63, 3.8) is 0 Å². The number of hydrogen-bond acceptors (Lipinski definition) is 3. The maximum Gasteiger partial charge on any atom is 0.240 e. The van der Waals surface area contributed by atoms with Crippen LogP contribution in [0.2, 0.25) is 5.02 Å². The zero-order chi connectivity index (χ0) is 16.6. The molecule has 6 heteroatoms. The van der Waals surface area contributed by atoms with Gasteiger partial charge in [-0.05, 0) is 50.5 Å². The lowest BCUT2D eigenvalue weighted by Gasteiger charge is -2.20. The molecule has 1 N–H and O–H groups in total. The average molecular weight is 337 g/mol. The molecule has 3 rings (SSSR count). The third-order valence-corrected chi connectivity index (χ3v) is 4.79. The maximum atomic E-state index is 12.7. The zero-order valence-corrected chi connectivity index (χ0v) is 14.2. The molecule has 0 radical (unpaired) electrons. The van der Waals surface area contributed by atoms with Gasteiger partial charge in [-0.25, -0.2) is 0 Å². The summed E-state index contributed by atoms with van der Waals surface area (Å²) in [6.07, 6.45) is 2.10. The van der Waals surface area contributed by atoms with Gasteiger partial charge in [0.05, 0.1) is 11.5 Å². The minimum atomic E-state index is -0.672. The van der Waals surface area contributed by atoms with E-state index in [1.165, 1.54) is 4.90 Å². The first-order valence-electron chi connectivity index (χ1n) is 7.90. The summed E-state index contributed by atoms with van der Waals surface area (Å²) in [5.74, 6) is -0.255. The lowest BCUT2D eigenvalue weighted by atomic mass is 9.86. The van der Waals surface area contributed by atoms with Crippen molar-refractivity contribution in [2.45, 2.75) is 38.2 Å². The number of ether oxygens (including phenoxy) is 1. The predicted octanol–water partition coefficient (Wildman–Crippen LogP) is 2.26. The van der Waals surface area contributed by atoms with Crippen molar-refractivity contribution in [2.24, 2.45) is 0 Å². The molecule has 2 aliphatic heterocycles. The summed E-state index contributed by atoms with van der Waals surface area (Å²) in [6, 6.07) is 5.35. The van der Waals surface area contributed by atoms with Crippen molar-refractivity contribution in [1.29, 1.82) is 0 Å². The molecule has 1 atom stereocenters. The van der Waals surface area contributed by atoms with Gasteiger partial charge in [0.15, 0.2) is 0 Å². The first kappa shape index (κ1) is 16.3. The number of fused-ring (bicyclic) bond motifs is 1. The van der Waals surface area contributed by atoms with E-state index in [1.54, 1.807) is 18.2 Å². The van der Waals surface area contributed by atoms with Crippen LogP contribution in [0.15, 0.2) is 18.2 Å². The van der Waals surface area contributed by atoms with Crippen LogP contribution in [0.4, 0.5) is 5.69 Å². The smallest absolute Gasteiger partial charge is 0.240 e. The van der Waals surface area contributed by atoms with Crippen molar-refractivity contribution in [1.82, 2.24) is 5.32 Å². The fourth-order valence-electron chi connectivity index (χ4n) is 3.20. The topological polar surface area (TPSA) is 58.6 Å². The molecule has 2 aliphatic rings. The predicted molar refractivity (Wildman–Crippen MR) is 88.8 cm³/mol. The van der Waals surface area contributed by atoms with Gasteiger partial charge in [0.2, 0.25) is 11.8 Å². The second-order valence-electron chi connectivity index (χ2n) is 6.62. The minimum absolute atomic E-state index is 0.0175. The Bertz CT molecular complexity index is 639. The van der Waals surface area contributed by atoms with Crippen molar-refractivity contribution in [3.05, 3.63) is 28.8 Å². The number of anilines is 1. The molecule has 0 unspecified atom stereocenters. The lowest BCUT2D eigenvalue weighted by molar-refractivity contribution is -0.125. The van der Waals surface area contributed by atoms with E-state index in [1.807, 2.05) is 13.8 Å². The molecular formula is C17H21ClN2O3. The fourth-order valence-corrected chi connectivity index (χ4v) is 3.37. The Labute approximate surface area is 140 Å². The van der Waals surface area contributed by atoms with Gasteiger partial charge in [-0.3, -0.25) is 9.59 Å². The number of amides is 2. The van der Waals surface area contributed by atoms with Gasteiger partial charge in [0, 0.05) is 23.9 Å². The summed E-state index contributed by atoms with van der Waals surface area (Å²) in [5.41, 5.74) is 0.952. The summed E-state index contributed by atoms with van der Waals surface area (Å²) in [4.78, 5) is 26.4. The first-order valence-corrected chi connectivity index (χ1v) is 8.27. The largest absolute Gasteiger partial charge is 0.376 e. The molecule has 0 aromatic heterocycles. The van der Waals surface area contributed by atoms with Gasteiger partial charge in [0.25, 0.3) is 0 Å². The molecule has 0 spiro atoms. The van der Waals surface area contributed by atoms with E-state index < -0.39 is 5.41 Å². The highest BCUT2D eigenvalue weighted by Gasteiger charge is 2.44. The normalized spacial score (nSPS) is 22.3. The number of carbonyl (C=O) groups is 2. The highest BCUT2D eigenvalue weighted by atomic mass is 35.5. The van der Waals surface area contributed by atoms with E-state index in [0.29, 0.717) is 11.6 Å². The molecule has 1 aromatic rings.